The van der Waals surface area contributed by atoms with E-state index in [9.17, 15) is 4.79 Å². The average Bonchev–Trinajstić information content (AvgIpc) is 2.48. The molecule has 0 heterocycles. The molecule has 0 unspecified atom stereocenters. The summed E-state index contributed by atoms with van der Waals surface area (Å²) in [6, 6.07) is 12.7. The summed E-state index contributed by atoms with van der Waals surface area (Å²) < 4.78 is 5.48. The van der Waals surface area contributed by atoms with Crippen LogP contribution in [0.5, 0.6) is 5.75 Å². The zero-order valence-electron chi connectivity index (χ0n) is 12.2. The molecule has 0 fully saturated rings. The van der Waals surface area contributed by atoms with Crippen LogP contribution in [0.3, 0.4) is 0 Å². The number of anilines is 1. The van der Waals surface area contributed by atoms with Crippen LogP contribution < -0.4 is 10.1 Å². The van der Waals surface area contributed by atoms with Crippen molar-refractivity contribution in [3.8, 4) is 5.75 Å². The van der Waals surface area contributed by atoms with E-state index in [-0.39, 0.29) is 5.91 Å². The monoisotopic (exact) mass is 337 g/mol. The number of aryl methyl sites for hydroxylation is 1. The van der Waals surface area contributed by atoms with Gasteiger partial charge in [-0.15, -0.1) is 0 Å². The lowest BCUT2D eigenvalue weighted by Crippen LogP contribution is -2.13. The lowest BCUT2D eigenvalue weighted by molar-refractivity contribution is -0.116. The molecule has 1 N–H and O–H groups in total. The number of carbonyl (C=O) groups excluding carboxylic acids is 1. The lowest BCUT2D eigenvalue weighted by Gasteiger charge is -2.11. The Kier molecular flexibility index (Phi) is 6.10. The number of hydrogen-bond donors (Lipinski definition) is 1. The Morgan fingerprint density at radius 2 is 1.95 bits per heavy atom. The topological polar surface area (TPSA) is 38.3 Å². The number of carbonyl (C=O) groups is 1. The zero-order valence-corrected chi connectivity index (χ0v) is 13.7. The first-order valence-electron chi connectivity index (χ1n) is 7.05. The highest BCUT2D eigenvalue weighted by atomic mass is 35.5. The maximum absolute atomic E-state index is 12.1. The van der Waals surface area contributed by atoms with Gasteiger partial charge in [-0.05, 0) is 43.2 Å². The van der Waals surface area contributed by atoms with E-state index in [1.807, 2.05) is 37.3 Å². The largest absolute Gasteiger partial charge is 0.492 e. The van der Waals surface area contributed by atoms with Crippen LogP contribution >= 0.6 is 23.2 Å². The van der Waals surface area contributed by atoms with Crippen LogP contribution in [-0.2, 0) is 11.2 Å². The first-order valence-corrected chi connectivity index (χ1v) is 7.81. The zero-order chi connectivity index (χ0) is 15.9. The van der Waals surface area contributed by atoms with Crippen molar-refractivity contribution in [1.29, 1.82) is 0 Å². The molecular weight excluding hydrogens is 321 g/mol. The van der Waals surface area contributed by atoms with E-state index in [0.29, 0.717) is 40.9 Å². The predicted octanol–water partition coefficient (Wildman–Crippen LogP) is 4.96. The second-order valence-electron chi connectivity index (χ2n) is 4.71. The molecule has 2 aromatic carbocycles. The third kappa shape index (κ3) is 4.65. The molecule has 0 aromatic heterocycles. The van der Waals surface area contributed by atoms with E-state index >= 15 is 0 Å². The number of para-hydroxylation sites is 2. The van der Waals surface area contributed by atoms with Gasteiger partial charge in [0.05, 0.1) is 12.3 Å². The molecule has 0 spiro atoms. The molecule has 2 rings (SSSR count). The van der Waals surface area contributed by atoms with Crippen molar-refractivity contribution in [3.05, 3.63) is 58.1 Å². The van der Waals surface area contributed by atoms with Gasteiger partial charge in [0.25, 0.3) is 0 Å². The number of rotatable bonds is 6. The number of nitrogens with one attached hydrogen (secondary N) is 1. The van der Waals surface area contributed by atoms with Crippen molar-refractivity contribution in [2.75, 3.05) is 11.9 Å². The summed E-state index contributed by atoms with van der Waals surface area (Å²) in [5.41, 5.74) is 1.58. The number of benzene rings is 2. The fraction of sp³-hybridized carbons (Fsp3) is 0.235. The molecule has 5 heteroatoms. The molecule has 2 aromatic rings. The minimum Gasteiger partial charge on any atom is -0.492 e. The second-order valence-corrected chi connectivity index (χ2v) is 5.56. The average molecular weight is 338 g/mol. The Hall–Kier alpha value is -1.71. The third-order valence-corrected chi connectivity index (χ3v) is 3.68. The van der Waals surface area contributed by atoms with E-state index in [2.05, 4.69) is 5.32 Å². The third-order valence-electron chi connectivity index (χ3n) is 3.10. The first kappa shape index (κ1) is 16.7. The van der Waals surface area contributed by atoms with Crippen LogP contribution in [0.25, 0.3) is 0 Å². The molecule has 3 nitrogen and oxygen atoms in total. The van der Waals surface area contributed by atoms with Gasteiger partial charge in [-0.3, -0.25) is 4.79 Å². The smallest absolute Gasteiger partial charge is 0.224 e. The summed E-state index contributed by atoms with van der Waals surface area (Å²) >= 11 is 12.0. The molecule has 0 saturated heterocycles. The lowest BCUT2D eigenvalue weighted by atomic mass is 10.1. The Bertz CT molecular complexity index is 659. The summed E-state index contributed by atoms with van der Waals surface area (Å²) in [5, 5.41) is 4.03. The maximum Gasteiger partial charge on any atom is 0.224 e. The van der Waals surface area contributed by atoms with Crippen molar-refractivity contribution < 1.29 is 9.53 Å². The number of hydrogen-bond acceptors (Lipinski definition) is 2. The van der Waals surface area contributed by atoms with E-state index < -0.39 is 0 Å². The quantitative estimate of drug-likeness (QED) is 0.808. The Morgan fingerprint density at radius 3 is 2.68 bits per heavy atom. The molecule has 1 amide bonds. The number of ether oxygens (including phenoxy) is 1. The van der Waals surface area contributed by atoms with Gasteiger partial charge in [0.2, 0.25) is 5.91 Å². The SMILES string of the molecule is CCOc1ccccc1NC(=O)CCc1ccc(Cl)cc1Cl. The normalized spacial score (nSPS) is 10.3. The van der Waals surface area contributed by atoms with Crippen LogP contribution in [-0.4, -0.2) is 12.5 Å². The van der Waals surface area contributed by atoms with Gasteiger partial charge in [-0.25, -0.2) is 0 Å². The van der Waals surface area contributed by atoms with Crippen molar-refractivity contribution in [2.24, 2.45) is 0 Å². The summed E-state index contributed by atoms with van der Waals surface area (Å²) in [7, 11) is 0. The molecule has 0 radical (unpaired) electrons. The number of amides is 1. The number of halogens is 2. The minimum atomic E-state index is -0.0850. The molecule has 0 atom stereocenters. The predicted molar refractivity (Wildman–Crippen MR) is 91.0 cm³/mol. The van der Waals surface area contributed by atoms with Crippen molar-refractivity contribution >= 4 is 34.8 Å². The summed E-state index contributed by atoms with van der Waals surface area (Å²) in [5.74, 6) is 0.584. The van der Waals surface area contributed by atoms with Gasteiger partial charge in [-0.2, -0.15) is 0 Å². The van der Waals surface area contributed by atoms with Crippen molar-refractivity contribution in [3.63, 3.8) is 0 Å². The van der Waals surface area contributed by atoms with Crippen LogP contribution in [0.1, 0.15) is 18.9 Å². The van der Waals surface area contributed by atoms with Crippen LogP contribution in [0, 0.1) is 0 Å². The molecule has 116 valence electrons. The van der Waals surface area contributed by atoms with Gasteiger partial charge < -0.3 is 10.1 Å². The Balaban J connectivity index is 1.96. The highest BCUT2D eigenvalue weighted by Gasteiger charge is 2.09. The van der Waals surface area contributed by atoms with E-state index in [4.69, 9.17) is 27.9 Å². The molecule has 0 aliphatic rings. The van der Waals surface area contributed by atoms with E-state index in [1.165, 1.54) is 0 Å². The summed E-state index contributed by atoms with van der Waals surface area (Å²) in [6.45, 7) is 2.45. The highest BCUT2D eigenvalue weighted by molar-refractivity contribution is 6.35. The van der Waals surface area contributed by atoms with Gasteiger partial charge >= 0.3 is 0 Å². The maximum atomic E-state index is 12.1. The van der Waals surface area contributed by atoms with Gasteiger partial charge in [0.15, 0.2) is 0 Å². The summed E-state index contributed by atoms with van der Waals surface area (Å²) in [6.07, 6.45) is 0.889. The molecule has 0 aliphatic carbocycles. The van der Waals surface area contributed by atoms with Crippen molar-refractivity contribution in [1.82, 2.24) is 0 Å². The van der Waals surface area contributed by atoms with Crippen LogP contribution in [0.15, 0.2) is 42.5 Å². The second kappa shape index (κ2) is 8.06. The van der Waals surface area contributed by atoms with Gasteiger partial charge in [0, 0.05) is 16.5 Å². The van der Waals surface area contributed by atoms with E-state index in [0.717, 1.165) is 5.56 Å². The van der Waals surface area contributed by atoms with E-state index in [1.54, 1.807) is 12.1 Å². The molecule has 0 bridgehead atoms. The van der Waals surface area contributed by atoms with Gasteiger partial charge in [-0.1, -0.05) is 41.4 Å². The van der Waals surface area contributed by atoms with Crippen molar-refractivity contribution in [2.45, 2.75) is 19.8 Å². The minimum absolute atomic E-state index is 0.0850. The first-order chi connectivity index (χ1) is 10.6. The summed E-state index contributed by atoms with van der Waals surface area (Å²) in [4.78, 5) is 12.1. The van der Waals surface area contributed by atoms with Crippen LogP contribution in [0.2, 0.25) is 10.0 Å². The highest BCUT2D eigenvalue weighted by Crippen LogP contribution is 2.25. The van der Waals surface area contributed by atoms with Gasteiger partial charge in [0.1, 0.15) is 5.75 Å². The Labute approximate surface area is 140 Å². The molecular formula is C17H17Cl2NO2. The molecule has 22 heavy (non-hydrogen) atoms. The molecule has 0 saturated carbocycles. The molecule has 0 aliphatic heterocycles. The fourth-order valence-electron chi connectivity index (χ4n) is 2.04. The fourth-order valence-corrected chi connectivity index (χ4v) is 2.54. The Morgan fingerprint density at radius 1 is 1.18 bits per heavy atom. The van der Waals surface area contributed by atoms with Crippen LogP contribution in [0.4, 0.5) is 5.69 Å². The standard InChI is InChI=1S/C17H17Cl2NO2/c1-2-22-16-6-4-3-5-15(16)20-17(21)10-8-12-7-9-13(18)11-14(12)19/h3-7,9,11H,2,8,10H2,1H3,(H,20,21).